The van der Waals surface area contributed by atoms with Crippen LogP contribution in [0.25, 0.3) is 0 Å². The summed E-state index contributed by atoms with van der Waals surface area (Å²) in [4.78, 5) is 14.9. The summed E-state index contributed by atoms with van der Waals surface area (Å²) in [5.74, 6) is 0.133. The number of hydrogen-bond acceptors (Lipinski definition) is 4. The van der Waals surface area contributed by atoms with Crippen molar-refractivity contribution in [1.29, 1.82) is 0 Å². The number of carbonyl (C=O) groups is 1. The predicted molar refractivity (Wildman–Crippen MR) is 66.9 cm³/mol. The molecular formula is C12H12N4O. The number of nitrogen functional groups attached to an aromatic ring is 1. The fraction of sp³-hybridized carbons (Fsp3) is 0. The summed E-state index contributed by atoms with van der Waals surface area (Å²) in [5.41, 5.74) is 12.7. The lowest BCUT2D eigenvalue weighted by Crippen LogP contribution is -2.11. The summed E-state index contributed by atoms with van der Waals surface area (Å²) in [6.45, 7) is 0. The first kappa shape index (κ1) is 10.9. The molecule has 17 heavy (non-hydrogen) atoms. The molecular weight excluding hydrogens is 216 g/mol. The first-order valence-electron chi connectivity index (χ1n) is 5.03. The van der Waals surface area contributed by atoms with Crippen molar-refractivity contribution in [1.82, 2.24) is 4.98 Å². The van der Waals surface area contributed by atoms with Gasteiger partial charge >= 0.3 is 0 Å². The third kappa shape index (κ3) is 2.72. The Balaban J connectivity index is 2.16. The summed E-state index contributed by atoms with van der Waals surface area (Å²) in [6, 6.07) is 10.6. The molecule has 0 aliphatic rings. The summed E-state index contributed by atoms with van der Waals surface area (Å²) in [5, 5.41) is 3.07. The van der Waals surface area contributed by atoms with Crippen LogP contribution in [0.4, 0.5) is 17.2 Å². The van der Waals surface area contributed by atoms with E-state index >= 15 is 0 Å². The smallest absolute Gasteiger partial charge is 0.250 e. The number of pyridine rings is 1. The van der Waals surface area contributed by atoms with Gasteiger partial charge in [0.25, 0.3) is 0 Å². The van der Waals surface area contributed by atoms with Gasteiger partial charge in [-0.15, -0.1) is 0 Å². The van der Waals surface area contributed by atoms with Crippen LogP contribution in [0.3, 0.4) is 0 Å². The van der Waals surface area contributed by atoms with E-state index in [0.717, 1.165) is 5.69 Å². The maximum atomic E-state index is 10.9. The van der Waals surface area contributed by atoms with Gasteiger partial charge in [-0.3, -0.25) is 4.79 Å². The molecule has 1 aromatic carbocycles. The number of benzene rings is 1. The summed E-state index contributed by atoms with van der Waals surface area (Å²) >= 11 is 0. The van der Waals surface area contributed by atoms with E-state index in [1.807, 2.05) is 12.1 Å². The van der Waals surface area contributed by atoms with Crippen molar-refractivity contribution in [2.75, 3.05) is 11.1 Å². The molecule has 0 aliphatic heterocycles. The normalized spacial score (nSPS) is 9.88. The van der Waals surface area contributed by atoms with Crippen molar-refractivity contribution in [2.24, 2.45) is 5.73 Å². The fourth-order valence-electron chi connectivity index (χ4n) is 1.38. The van der Waals surface area contributed by atoms with Crippen molar-refractivity contribution in [3.05, 3.63) is 48.2 Å². The average Bonchev–Trinajstić information content (AvgIpc) is 2.29. The van der Waals surface area contributed by atoms with Crippen LogP contribution in [0.15, 0.2) is 42.6 Å². The maximum Gasteiger partial charge on any atom is 0.250 e. The number of nitrogens with two attached hydrogens (primary N) is 2. The molecule has 0 unspecified atom stereocenters. The van der Waals surface area contributed by atoms with E-state index in [0.29, 0.717) is 17.1 Å². The number of nitrogens with zero attached hydrogens (tertiary/aromatic N) is 1. The Labute approximate surface area is 98.5 Å². The number of amides is 1. The number of aromatic nitrogens is 1. The number of carbonyl (C=O) groups excluding carboxylic acids is 1. The van der Waals surface area contributed by atoms with Gasteiger partial charge in [0, 0.05) is 17.6 Å². The van der Waals surface area contributed by atoms with Gasteiger partial charge in [-0.25, -0.2) is 4.98 Å². The van der Waals surface area contributed by atoms with E-state index in [-0.39, 0.29) is 0 Å². The molecule has 0 aliphatic carbocycles. The second-order valence-corrected chi connectivity index (χ2v) is 3.55. The third-order valence-corrected chi connectivity index (χ3v) is 2.21. The molecule has 5 nitrogen and oxygen atoms in total. The van der Waals surface area contributed by atoms with Gasteiger partial charge in [0.05, 0.1) is 5.56 Å². The monoisotopic (exact) mass is 228 g/mol. The zero-order chi connectivity index (χ0) is 12.3. The minimum absolute atomic E-state index is 0.378. The van der Waals surface area contributed by atoms with Gasteiger partial charge in [0.1, 0.15) is 5.82 Å². The maximum absolute atomic E-state index is 10.9. The molecule has 0 saturated carbocycles. The lowest BCUT2D eigenvalue weighted by atomic mass is 10.2. The van der Waals surface area contributed by atoms with Crippen LogP contribution in [0.1, 0.15) is 10.4 Å². The fourth-order valence-corrected chi connectivity index (χ4v) is 1.38. The van der Waals surface area contributed by atoms with Crippen molar-refractivity contribution in [3.63, 3.8) is 0 Å². The van der Waals surface area contributed by atoms with E-state index in [9.17, 15) is 4.79 Å². The number of nitrogens with one attached hydrogen (secondary N) is 1. The molecule has 1 aromatic heterocycles. The van der Waals surface area contributed by atoms with Gasteiger partial charge in [0.15, 0.2) is 0 Å². The van der Waals surface area contributed by atoms with Crippen molar-refractivity contribution >= 4 is 23.1 Å². The van der Waals surface area contributed by atoms with Crippen LogP contribution < -0.4 is 16.8 Å². The molecule has 2 aromatic rings. The number of hydrogen-bond donors (Lipinski definition) is 3. The number of rotatable bonds is 3. The first-order chi connectivity index (χ1) is 8.15. The quantitative estimate of drug-likeness (QED) is 0.694. The molecule has 5 N–H and O–H groups in total. The Morgan fingerprint density at radius 1 is 1.24 bits per heavy atom. The van der Waals surface area contributed by atoms with Crippen LogP contribution in [-0.2, 0) is 0 Å². The topological polar surface area (TPSA) is 94.0 Å². The standard InChI is InChI=1S/C12H12N4O/c13-9-2-1-3-10(6-9)16-11-5-4-8(7-15-11)12(14)17/h1-7H,13H2,(H2,14,17)(H,15,16). The first-order valence-corrected chi connectivity index (χ1v) is 5.03. The molecule has 0 radical (unpaired) electrons. The Morgan fingerprint density at radius 3 is 2.65 bits per heavy atom. The van der Waals surface area contributed by atoms with Crippen LogP contribution in [-0.4, -0.2) is 10.9 Å². The largest absolute Gasteiger partial charge is 0.399 e. The molecule has 0 atom stereocenters. The van der Waals surface area contributed by atoms with Gasteiger partial charge in [-0.2, -0.15) is 0 Å². The highest BCUT2D eigenvalue weighted by molar-refractivity contribution is 5.92. The number of anilines is 3. The molecule has 0 fully saturated rings. The van der Waals surface area contributed by atoms with Crippen LogP contribution >= 0.6 is 0 Å². The Kier molecular flexibility index (Phi) is 2.91. The Hall–Kier alpha value is -2.56. The van der Waals surface area contributed by atoms with Gasteiger partial charge in [0.2, 0.25) is 5.91 Å². The van der Waals surface area contributed by atoms with E-state index in [4.69, 9.17) is 11.5 Å². The molecule has 5 heteroatoms. The molecule has 0 saturated heterocycles. The van der Waals surface area contributed by atoms with Crippen molar-refractivity contribution in [3.8, 4) is 0 Å². The minimum Gasteiger partial charge on any atom is -0.399 e. The van der Waals surface area contributed by atoms with Crippen LogP contribution in [0.2, 0.25) is 0 Å². The van der Waals surface area contributed by atoms with Gasteiger partial charge in [-0.1, -0.05) is 6.07 Å². The molecule has 1 amide bonds. The van der Waals surface area contributed by atoms with Gasteiger partial charge in [-0.05, 0) is 30.3 Å². The Morgan fingerprint density at radius 2 is 2.06 bits per heavy atom. The highest BCUT2D eigenvalue weighted by Gasteiger charge is 2.01. The zero-order valence-electron chi connectivity index (χ0n) is 9.05. The molecule has 86 valence electrons. The van der Waals surface area contributed by atoms with E-state index in [1.165, 1.54) is 6.20 Å². The number of primary amides is 1. The Bertz CT molecular complexity index is 536. The molecule has 1 heterocycles. The van der Waals surface area contributed by atoms with Crippen LogP contribution in [0, 0.1) is 0 Å². The van der Waals surface area contributed by atoms with Crippen molar-refractivity contribution < 1.29 is 4.79 Å². The summed E-state index contributed by atoms with van der Waals surface area (Å²) < 4.78 is 0. The van der Waals surface area contributed by atoms with E-state index in [2.05, 4.69) is 10.3 Å². The van der Waals surface area contributed by atoms with Crippen molar-refractivity contribution in [2.45, 2.75) is 0 Å². The second kappa shape index (κ2) is 4.52. The second-order valence-electron chi connectivity index (χ2n) is 3.55. The molecule has 0 spiro atoms. The minimum atomic E-state index is -0.493. The third-order valence-electron chi connectivity index (χ3n) is 2.21. The highest BCUT2D eigenvalue weighted by atomic mass is 16.1. The van der Waals surface area contributed by atoms with E-state index in [1.54, 1.807) is 24.3 Å². The SMILES string of the molecule is NC(=O)c1ccc(Nc2cccc(N)c2)nc1. The lowest BCUT2D eigenvalue weighted by Gasteiger charge is -2.06. The summed E-state index contributed by atoms with van der Waals surface area (Å²) in [7, 11) is 0. The molecule has 2 rings (SSSR count). The van der Waals surface area contributed by atoms with Crippen LogP contribution in [0.5, 0.6) is 0 Å². The molecule has 0 bridgehead atoms. The predicted octanol–water partition coefficient (Wildman–Crippen LogP) is 1.51. The van der Waals surface area contributed by atoms with Gasteiger partial charge < -0.3 is 16.8 Å². The average molecular weight is 228 g/mol. The van der Waals surface area contributed by atoms with E-state index < -0.39 is 5.91 Å². The lowest BCUT2D eigenvalue weighted by molar-refractivity contribution is 0.1000. The zero-order valence-corrected chi connectivity index (χ0v) is 9.05. The summed E-state index contributed by atoms with van der Waals surface area (Å²) in [6.07, 6.45) is 1.43. The highest BCUT2D eigenvalue weighted by Crippen LogP contribution is 2.16.